The molecular formula is C9H17NO4S. The second-order valence-electron chi connectivity index (χ2n) is 4.45. The van der Waals surface area contributed by atoms with Crippen LogP contribution in [0.1, 0.15) is 20.3 Å². The molecule has 5 nitrogen and oxygen atoms in total. The van der Waals surface area contributed by atoms with Crippen LogP contribution < -0.4 is 0 Å². The molecule has 88 valence electrons. The topological polar surface area (TPSA) is 74.7 Å². The summed E-state index contributed by atoms with van der Waals surface area (Å²) in [5, 5.41) is 8.52. The van der Waals surface area contributed by atoms with E-state index in [1.807, 2.05) is 13.8 Å². The van der Waals surface area contributed by atoms with E-state index >= 15 is 0 Å². The summed E-state index contributed by atoms with van der Waals surface area (Å²) in [4.78, 5) is 10.4. The molecule has 1 fully saturated rings. The molecule has 0 unspecified atom stereocenters. The lowest BCUT2D eigenvalue weighted by Crippen LogP contribution is -2.51. The minimum atomic E-state index is -3.15. The van der Waals surface area contributed by atoms with Gasteiger partial charge in [0, 0.05) is 13.1 Å². The fourth-order valence-electron chi connectivity index (χ4n) is 1.65. The van der Waals surface area contributed by atoms with Gasteiger partial charge in [0.1, 0.15) is 0 Å². The highest BCUT2D eigenvalue weighted by molar-refractivity contribution is 7.89. The fourth-order valence-corrected chi connectivity index (χ4v) is 3.58. The van der Waals surface area contributed by atoms with Gasteiger partial charge >= 0.3 is 5.97 Å². The maximum atomic E-state index is 11.6. The first-order valence-corrected chi connectivity index (χ1v) is 6.62. The van der Waals surface area contributed by atoms with Gasteiger partial charge in [0.15, 0.2) is 0 Å². The average molecular weight is 235 g/mol. The van der Waals surface area contributed by atoms with Crippen LogP contribution in [0.2, 0.25) is 0 Å². The lowest BCUT2D eigenvalue weighted by Gasteiger charge is -2.37. The van der Waals surface area contributed by atoms with Gasteiger partial charge in [-0.05, 0) is 11.8 Å². The molecule has 0 aromatic carbocycles. The Morgan fingerprint density at radius 3 is 2.40 bits per heavy atom. The van der Waals surface area contributed by atoms with Crippen molar-refractivity contribution >= 4 is 16.0 Å². The summed E-state index contributed by atoms with van der Waals surface area (Å²) in [5.41, 5.74) is 0. The number of carbonyl (C=O) groups is 1. The van der Waals surface area contributed by atoms with Gasteiger partial charge in [0.2, 0.25) is 10.0 Å². The number of carboxylic acid groups (broad SMARTS) is 1. The molecule has 1 saturated heterocycles. The first-order chi connectivity index (χ1) is 6.81. The van der Waals surface area contributed by atoms with Crippen molar-refractivity contribution in [3.8, 4) is 0 Å². The molecule has 0 saturated carbocycles. The molecule has 0 aromatic heterocycles. The molecule has 0 bridgehead atoms. The molecule has 15 heavy (non-hydrogen) atoms. The third-order valence-corrected chi connectivity index (χ3v) is 4.50. The molecule has 1 aliphatic heterocycles. The zero-order valence-corrected chi connectivity index (χ0v) is 9.83. The second kappa shape index (κ2) is 4.49. The average Bonchev–Trinajstić information content (AvgIpc) is 1.91. The van der Waals surface area contributed by atoms with Gasteiger partial charge < -0.3 is 5.11 Å². The first kappa shape index (κ1) is 12.4. The van der Waals surface area contributed by atoms with E-state index in [0.717, 1.165) is 0 Å². The summed E-state index contributed by atoms with van der Waals surface area (Å²) in [5.74, 6) is -0.619. The molecule has 0 aromatic rings. The van der Waals surface area contributed by atoms with Crippen molar-refractivity contribution in [2.24, 2.45) is 11.8 Å². The van der Waals surface area contributed by atoms with E-state index < -0.39 is 16.0 Å². The van der Waals surface area contributed by atoms with E-state index in [1.54, 1.807) is 0 Å². The highest BCUT2D eigenvalue weighted by atomic mass is 32.2. The number of hydrogen-bond acceptors (Lipinski definition) is 3. The van der Waals surface area contributed by atoms with E-state index in [2.05, 4.69) is 0 Å². The van der Waals surface area contributed by atoms with Crippen LogP contribution in [0.3, 0.4) is 0 Å². The molecular weight excluding hydrogens is 218 g/mol. The number of hydrogen-bond donors (Lipinski definition) is 1. The predicted octanol–water partition coefficient (Wildman–Crippen LogP) is 0.379. The zero-order chi connectivity index (χ0) is 11.6. The van der Waals surface area contributed by atoms with Crippen LogP contribution in [0, 0.1) is 11.8 Å². The number of sulfonamides is 1. The normalized spacial score (nSPS) is 19.1. The van der Waals surface area contributed by atoms with E-state index in [1.165, 1.54) is 4.31 Å². The summed E-state index contributed by atoms with van der Waals surface area (Å²) >= 11 is 0. The predicted molar refractivity (Wildman–Crippen MR) is 55.9 cm³/mol. The van der Waals surface area contributed by atoms with Crippen LogP contribution in [0.4, 0.5) is 0 Å². The highest BCUT2D eigenvalue weighted by Gasteiger charge is 2.36. The molecule has 0 amide bonds. The lowest BCUT2D eigenvalue weighted by atomic mass is 10.00. The van der Waals surface area contributed by atoms with Gasteiger partial charge in [-0.25, -0.2) is 12.7 Å². The Labute approximate surface area is 90.1 Å². The van der Waals surface area contributed by atoms with Crippen molar-refractivity contribution in [1.82, 2.24) is 4.31 Å². The van der Waals surface area contributed by atoms with Crippen molar-refractivity contribution in [1.29, 1.82) is 0 Å². The molecule has 0 radical (unpaired) electrons. The minimum absolute atomic E-state index is 0.00978. The molecule has 6 heteroatoms. The Morgan fingerprint density at radius 1 is 1.47 bits per heavy atom. The van der Waals surface area contributed by atoms with Gasteiger partial charge in [0.25, 0.3) is 0 Å². The van der Waals surface area contributed by atoms with Crippen LogP contribution in [-0.2, 0) is 14.8 Å². The van der Waals surface area contributed by atoms with Crippen molar-refractivity contribution < 1.29 is 18.3 Å². The Kier molecular flexibility index (Phi) is 3.72. The monoisotopic (exact) mass is 235 g/mol. The molecule has 0 atom stereocenters. The van der Waals surface area contributed by atoms with Crippen molar-refractivity contribution in [2.75, 3.05) is 18.8 Å². The van der Waals surface area contributed by atoms with Crippen molar-refractivity contribution in [2.45, 2.75) is 20.3 Å². The van der Waals surface area contributed by atoms with Gasteiger partial charge in [-0.15, -0.1) is 0 Å². The number of rotatable bonds is 5. The van der Waals surface area contributed by atoms with Crippen LogP contribution >= 0.6 is 0 Å². The maximum Gasteiger partial charge on any atom is 0.303 e. The third-order valence-electron chi connectivity index (χ3n) is 2.32. The fraction of sp³-hybridized carbons (Fsp3) is 0.889. The van der Waals surface area contributed by atoms with E-state index in [0.29, 0.717) is 13.1 Å². The van der Waals surface area contributed by atoms with Crippen LogP contribution in [0.5, 0.6) is 0 Å². The van der Waals surface area contributed by atoms with Crippen molar-refractivity contribution in [3.63, 3.8) is 0 Å². The largest absolute Gasteiger partial charge is 0.481 e. The summed E-state index contributed by atoms with van der Waals surface area (Å²) in [6.45, 7) is 4.43. The molecule has 1 aliphatic rings. The van der Waals surface area contributed by atoms with Crippen LogP contribution in [0.15, 0.2) is 0 Å². The van der Waals surface area contributed by atoms with Gasteiger partial charge in [-0.3, -0.25) is 4.79 Å². The number of aliphatic carboxylic acids is 1. The Hall–Kier alpha value is -0.620. The van der Waals surface area contributed by atoms with Gasteiger partial charge in [0.05, 0.1) is 12.2 Å². The Bertz CT molecular complexity index is 330. The Morgan fingerprint density at radius 2 is 2.00 bits per heavy atom. The molecule has 1 heterocycles. The second-order valence-corrected chi connectivity index (χ2v) is 6.47. The molecule has 1 rings (SSSR count). The zero-order valence-electron chi connectivity index (χ0n) is 9.01. The molecule has 0 spiro atoms. The summed E-state index contributed by atoms with van der Waals surface area (Å²) in [6, 6.07) is 0. The van der Waals surface area contributed by atoms with Crippen LogP contribution in [-0.4, -0.2) is 42.6 Å². The highest BCUT2D eigenvalue weighted by Crippen LogP contribution is 2.23. The smallest absolute Gasteiger partial charge is 0.303 e. The van der Waals surface area contributed by atoms with Crippen molar-refractivity contribution in [3.05, 3.63) is 0 Å². The van der Waals surface area contributed by atoms with Crippen LogP contribution in [0.25, 0.3) is 0 Å². The first-order valence-electron chi connectivity index (χ1n) is 5.01. The quantitative estimate of drug-likeness (QED) is 0.747. The SMILES string of the molecule is CC(C)CS(=O)(=O)N1CC(CC(=O)O)C1. The van der Waals surface area contributed by atoms with E-state index in [9.17, 15) is 13.2 Å². The molecule has 1 N–H and O–H groups in total. The number of carboxylic acids is 1. The Balaban J connectivity index is 2.41. The van der Waals surface area contributed by atoms with Gasteiger partial charge in [-0.2, -0.15) is 0 Å². The lowest BCUT2D eigenvalue weighted by molar-refractivity contribution is -0.139. The van der Waals surface area contributed by atoms with Gasteiger partial charge in [-0.1, -0.05) is 13.8 Å². The molecule has 0 aliphatic carbocycles. The summed E-state index contributed by atoms with van der Waals surface area (Å²) < 4.78 is 24.6. The van der Waals surface area contributed by atoms with E-state index in [4.69, 9.17) is 5.11 Å². The third kappa shape index (κ3) is 3.46. The number of nitrogens with zero attached hydrogens (tertiary/aromatic N) is 1. The summed E-state index contributed by atoms with van der Waals surface area (Å²) in [7, 11) is -3.15. The maximum absolute atomic E-state index is 11.6. The minimum Gasteiger partial charge on any atom is -0.481 e. The summed E-state index contributed by atoms with van der Waals surface area (Å²) in [6.07, 6.45) is 0.0632. The standard InChI is InChI=1S/C9H17NO4S/c1-7(2)6-15(13,14)10-4-8(5-10)3-9(11)12/h7-8H,3-6H2,1-2H3,(H,11,12). The van der Waals surface area contributed by atoms with E-state index in [-0.39, 0.29) is 24.0 Å².